The minimum atomic E-state index is -0.280. The minimum Gasteiger partial charge on any atom is -0.391 e. The van der Waals surface area contributed by atoms with Gasteiger partial charge in [0, 0.05) is 6.42 Å². The molecule has 2 aromatic rings. The highest BCUT2D eigenvalue weighted by atomic mass is 79.9. The van der Waals surface area contributed by atoms with Gasteiger partial charge in [0.05, 0.1) is 21.3 Å². The Morgan fingerprint density at radius 3 is 3.12 bits per heavy atom. The first-order valence-corrected chi connectivity index (χ1v) is 6.71. The first-order valence-electron chi connectivity index (χ1n) is 5.10. The lowest BCUT2D eigenvalue weighted by atomic mass is 10.1. The molecule has 1 atom stereocenters. The lowest BCUT2D eigenvalue weighted by Gasteiger charge is -2.16. The van der Waals surface area contributed by atoms with Crippen molar-refractivity contribution in [2.75, 3.05) is 0 Å². The van der Waals surface area contributed by atoms with Gasteiger partial charge in [-0.25, -0.2) is 9.67 Å². The summed E-state index contributed by atoms with van der Waals surface area (Å²) >= 11 is 5.05. The smallest absolute Gasteiger partial charge is 0.191 e. The summed E-state index contributed by atoms with van der Waals surface area (Å²) in [6, 6.07) is 4.00. The van der Waals surface area contributed by atoms with E-state index in [4.69, 9.17) is 0 Å². The molecule has 1 aliphatic rings. The summed E-state index contributed by atoms with van der Waals surface area (Å²) in [5.41, 5.74) is 0. The molecule has 0 saturated carbocycles. The number of fused-ring (bicyclic) bond motifs is 1. The molecule has 0 radical (unpaired) electrons. The number of rotatable bonds is 1. The molecule has 3 rings (SSSR count). The lowest BCUT2D eigenvalue weighted by Crippen LogP contribution is -2.25. The van der Waals surface area contributed by atoms with Crippen LogP contribution >= 0.6 is 27.3 Å². The van der Waals surface area contributed by atoms with Crippen LogP contribution in [0, 0.1) is 0 Å². The lowest BCUT2D eigenvalue weighted by molar-refractivity contribution is 0.124. The number of thiophene rings is 1. The van der Waals surface area contributed by atoms with E-state index in [0.717, 1.165) is 33.2 Å². The third-order valence-corrected chi connectivity index (χ3v) is 4.25. The van der Waals surface area contributed by atoms with Gasteiger partial charge in [0.15, 0.2) is 5.82 Å². The standard InChI is InChI=1S/C10H10BrN3OS/c11-8-3-2-7(16-8)10-12-9-4-1-6(15)5-14(9)13-10/h2-3,6,15H,1,4-5H2. The molecular weight excluding hydrogens is 290 g/mol. The molecule has 1 N–H and O–H groups in total. The molecule has 3 heterocycles. The predicted molar refractivity (Wildman–Crippen MR) is 65.4 cm³/mol. The highest BCUT2D eigenvalue weighted by molar-refractivity contribution is 9.11. The topological polar surface area (TPSA) is 50.9 Å². The fourth-order valence-electron chi connectivity index (χ4n) is 1.83. The van der Waals surface area contributed by atoms with E-state index in [1.54, 1.807) is 11.3 Å². The number of hydrogen-bond donors (Lipinski definition) is 1. The average molecular weight is 300 g/mol. The van der Waals surface area contributed by atoms with Gasteiger partial charge in [0.25, 0.3) is 0 Å². The van der Waals surface area contributed by atoms with Gasteiger partial charge in [-0.2, -0.15) is 0 Å². The molecule has 1 aliphatic heterocycles. The van der Waals surface area contributed by atoms with Crippen molar-refractivity contribution >= 4 is 27.3 Å². The second-order valence-electron chi connectivity index (χ2n) is 3.83. The zero-order valence-corrected chi connectivity index (χ0v) is 10.8. The van der Waals surface area contributed by atoms with Gasteiger partial charge in [-0.05, 0) is 34.5 Å². The Kier molecular flexibility index (Phi) is 2.57. The molecule has 0 aliphatic carbocycles. The Morgan fingerprint density at radius 1 is 1.50 bits per heavy atom. The highest BCUT2D eigenvalue weighted by Gasteiger charge is 2.20. The number of aliphatic hydroxyl groups excluding tert-OH is 1. The molecule has 4 nitrogen and oxygen atoms in total. The number of nitrogens with zero attached hydrogens (tertiary/aromatic N) is 3. The molecule has 0 fully saturated rings. The average Bonchev–Trinajstić information content (AvgIpc) is 2.83. The van der Waals surface area contributed by atoms with Crippen molar-refractivity contribution in [2.24, 2.45) is 0 Å². The third kappa shape index (κ3) is 1.81. The Hall–Kier alpha value is -0.720. The zero-order chi connectivity index (χ0) is 11.1. The summed E-state index contributed by atoms with van der Waals surface area (Å²) in [6.07, 6.45) is 1.31. The van der Waals surface area contributed by atoms with Gasteiger partial charge in [0.1, 0.15) is 5.82 Å². The van der Waals surface area contributed by atoms with E-state index in [0.29, 0.717) is 6.54 Å². The van der Waals surface area contributed by atoms with E-state index >= 15 is 0 Å². The molecule has 84 valence electrons. The molecule has 0 aromatic carbocycles. The third-order valence-electron chi connectivity index (χ3n) is 2.63. The van der Waals surface area contributed by atoms with Gasteiger partial charge >= 0.3 is 0 Å². The van der Waals surface area contributed by atoms with E-state index in [1.165, 1.54) is 0 Å². The van der Waals surface area contributed by atoms with Crippen LogP contribution in [0.25, 0.3) is 10.7 Å². The summed E-state index contributed by atoms with van der Waals surface area (Å²) in [4.78, 5) is 5.56. The predicted octanol–water partition coefficient (Wildman–Crippen LogP) is 2.08. The molecule has 0 saturated heterocycles. The number of halogens is 1. The quantitative estimate of drug-likeness (QED) is 0.877. The first-order chi connectivity index (χ1) is 7.72. The van der Waals surface area contributed by atoms with Gasteiger partial charge in [-0.1, -0.05) is 0 Å². The summed E-state index contributed by atoms with van der Waals surface area (Å²) in [5.74, 6) is 1.74. The van der Waals surface area contributed by atoms with Crippen molar-refractivity contribution in [1.82, 2.24) is 14.8 Å². The number of aromatic nitrogens is 3. The van der Waals surface area contributed by atoms with Crippen LogP contribution in [0.3, 0.4) is 0 Å². The Bertz CT molecular complexity index is 522. The van der Waals surface area contributed by atoms with Crippen LogP contribution in [0.5, 0.6) is 0 Å². The molecule has 0 spiro atoms. The normalized spacial score (nSPS) is 19.8. The van der Waals surface area contributed by atoms with Crippen LogP contribution < -0.4 is 0 Å². The zero-order valence-electron chi connectivity index (χ0n) is 8.43. The maximum Gasteiger partial charge on any atom is 0.191 e. The SMILES string of the molecule is OC1CCc2nc(-c3ccc(Br)s3)nn2C1. The number of aryl methyl sites for hydroxylation is 1. The highest BCUT2D eigenvalue weighted by Crippen LogP contribution is 2.30. The largest absolute Gasteiger partial charge is 0.391 e. The molecule has 16 heavy (non-hydrogen) atoms. The maximum atomic E-state index is 9.55. The monoisotopic (exact) mass is 299 g/mol. The van der Waals surface area contributed by atoms with E-state index in [9.17, 15) is 5.11 Å². The van der Waals surface area contributed by atoms with Crippen molar-refractivity contribution < 1.29 is 5.11 Å². The van der Waals surface area contributed by atoms with Gasteiger partial charge in [0.2, 0.25) is 0 Å². The summed E-state index contributed by atoms with van der Waals surface area (Å²) < 4.78 is 2.90. The van der Waals surface area contributed by atoms with Crippen LogP contribution in [0.4, 0.5) is 0 Å². The van der Waals surface area contributed by atoms with E-state index in [1.807, 2.05) is 16.8 Å². The molecule has 0 bridgehead atoms. The maximum absolute atomic E-state index is 9.55. The summed E-state index contributed by atoms with van der Waals surface area (Å²) in [6.45, 7) is 0.564. The second kappa shape index (κ2) is 3.94. The fraction of sp³-hybridized carbons (Fsp3) is 0.400. The second-order valence-corrected chi connectivity index (χ2v) is 6.29. The van der Waals surface area contributed by atoms with Gasteiger partial charge < -0.3 is 5.11 Å². The van der Waals surface area contributed by atoms with Crippen molar-refractivity contribution in [2.45, 2.75) is 25.5 Å². The van der Waals surface area contributed by atoms with Crippen LogP contribution in [0.15, 0.2) is 15.9 Å². The van der Waals surface area contributed by atoms with Crippen LogP contribution in [-0.2, 0) is 13.0 Å². The summed E-state index contributed by atoms with van der Waals surface area (Å²) in [5, 5.41) is 14.0. The van der Waals surface area contributed by atoms with Gasteiger partial charge in [-0.15, -0.1) is 16.4 Å². The van der Waals surface area contributed by atoms with Gasteiger partial charge in [-0.3, -0.25) is 0 Å². The number of hydrogen-bond acceptors (Lipinski definition) is 4. The Labute approximate surface area is 105 Å². The molecule has 0 amide bonds. The molecule has 2 aromatic heterocycles. The van der Waals surface area contributed by atoms with E-state index in [-0.39, 0.29) is 6.10 Å². The molecular formula is C10H10BrN3OS. The van der Waals surface area contributed by atoms with Crippen molar-refractivity contribution in [3.8, 4) is 10.7 Å². The molecule has 1 unspecified atom stereocenters. The fourth-order valence-corrected chi connectivity index (χ4v) is 3.15. The van der Waals surface area contributed by atoms with Crippen molar-refractivity contribution in [1.29, 1.82) is 0 Å². The van der Waals surface area contributed by atoms with E-state index < -0.39 is 0 Å². The number of aliphatic hydroxyl groups is 1. The van der Waals surface area contributed by atoms with Crippen molar-refractivity contribution in [3.63, 3.8) is 0 Å². The Balaban J connectivity index is 1.98. The Morgan fingerprint density at radius 2 is 2.38 bits per heavy atom. The van der Waals surface area contributed by atoms with Crippen LogP contribution in [-0.4, -0.2) is 26.0 Å². The first kappa shape index (κ1) is 10.4. The van der Waals surface area contributed by atoms with Crippen LogP contribution in [0.1, 0.15) is 12.2 Å². The van der Waals surface area contributed by atoms with E-state index in [2.05, 4.69) is 26.0 Å². The summed E-state index contributed by atoms with van der Waals surface area (Å²) in [7, 11) is 0. The van der Waals surface area contributed by atoms with Crippen LogP contribution in [0.2, 0.25) is 0 Å². The minimum absolute atomic E-state index is 0.280. The molecule has 6 heteroatoms. The van der Waals surface area contributed by atoms with Crippen molar-refractivity contribution in [3.05, 3.63) is 21.7 Å².